The van der Waals surface area contributed by atoms with Gasteiger partial charge in [0.1, 0.15) is 5.75 Å². The van der Waals surface area contributed by atoms with Gasteiger partial charge in [0, 0.05) is 12.5 Å². The van der Waals surface area contributed by atoms with Gasteiger partial charge in [-0.1, -0.05) is 12.1 Å². The first kappa shape index (κ1) is 11.9. The minimum Gasteiger partial charge on any atom is -0.508 e. The van der Waals surface area contributed by atoms with Gasteiger partial charge in [0.2, 0.25) is 0 Å². The van der Waals surface area contributed by atoms with Gasteiger partial charge < -0.3 is 15.5 Å². The Morgan fingerprint density at radius 2 is 2.29 bits per heavy atom. The number of aliphatic carboxylic acids is 1. The molecule has 1 saturated heterocycles. The number of rotatable bonds is 3. The highest BCUT2D eigenvalue weighted by molar-refractivity contribution is 5.67. The zero-order chi connectivity index (χ0) is 12.3. The number of hydrogen-bond acceptors (Lipinski definition) is 3. The molecule has 1 aliphatic heterocycles. The van der Waals surface area contributed by atoms with E-state index in [-0.39, 0.29) is 24.1 Å². The van der Waals surface area contributed by atoms with Crippen LogP contribution in [0.5, 0.6) is 5.75 Å². The third-order valence-electron chi connectivity index (χ3n) is 3.25. The Kier molecular flexibility index (Phi) is 3.64. The highest BCUT2D eigenvalue weighted by Crippen LogP contribution is 2.32. The first-order valence-corrected chi connectivity index (χ1v) is 5.91. The van der Waals surface area contributed by atoms with Gasteiger partial charge in [0.05, 0.1) is 0 Å². The summed E-state index contributed by atoms with van der Waals surface area (Å²) in [6.07, 6.45) is 2.10. The first-order valence-electron chi connectivity index (χ1n) is 5.91. The number of hydrogen-bond donors (Lipinski definition) is 3. The summed E-state index contributed by atoms with van der Waals surface area (Å²) in [4.78, 5) is 10.8. The lowest BCUT2D eigenvalue weighted by Gasteiger charge is -2.32. The molecule has 0 amide bonds. The Bertz CT molecular complexity index is 405. The first-order chi connectivity index (χ1) is 8.16. The van der Waals surface area contributed by atoms with Gasteiger partial charge in [0.25, 0.3) is 0 Å². The number of phenolic OH excluding ortho intramolecular Hbond substituents is 1. The lowest BCUT2D eigenvalue weighted by Crippen LogP contribution is -2.35. The number of carboxylic acids is 1. The highest BCUT2D eigenvalue weighted by Gasteiger charge is 2.27. The zero-order valence-corrected chi connectivity index (χ0v) is 9.60. The fraction of sp³-hybridized carbons (Fsp3) is 0.462. The van der Waals surface area contributed by atoms with Crippen LogP contribution in [0, 0.1) is 5.92 Å². The summed E-state index contributed by atoms with van der Waals surface area (Å²) in [7, 11) is 0. The van der Waals surface area contributed by atoms with Gasteiger partial charge >= 0.3 is 5.97 Å². The maximum atomic E-state index is 10.8. The van der Waals surface area contributed by atoms with Gasteiger partial charge in [-0.05, 0) is 43.0 Å². The normalized spacial score (nSPS) is 24.5. The third-order valence-corrected chi connectivity index (χ3v) is 3.25. The van der Waals surface area contributed by atoms with E-state index >= 15 is 0 Å². The van der Waals surface area contributed by atoms with Crippen LogP contribution in [0.2, 0.25) is 0 Å². The average Bonchev–Trinajstić information content (AvgIpc) is 2.29. The molecule has 0 aromatic heterocycles. The summed E-state index contributed by atoms with van der Waals surface area (Å²) in [5, 5.41) is 21.7. The van der Waals surface area contributed by atoms with Crippen molar-refractivity contribution < 1.29 is 15.0 Å². The second-order valence-electron chi connectivity index (χ2n) is 4.53. The monoisotopic (exact) mass is 235 g/mol. The number of piperidine rings is 1. The van der Waals surface area contributed by atoms with Crippen molar-refractivity contribution in [3.05, 3.63) is 29.8 Å². The minimum absolute atomic E-state index is 0.0342. The van der Waals surface area contributed by atoms with Crippen molar-refractivity contribution in [2.75, 3.05) is 6.54 Å². The molecule has 4 heteroatoms. The van der Waals surface area contributed by atoms with Crippen LogP contribution in [0.1, 0.15) is 30.9 Å². The second kappa shape index (κ2) is 5.19. The van der Waals surface area contributed by atoms with Crippen LogP contribution >= 0.6 is 0 Å². The SMILES string of the molecule is O=C(O)C[C@H]1CCCN[C@@H]1c1cccc(O)c1. The number of carbonyl (C=O) groups is 1. The molecular formula is C13H17NO3. The van der Waals surface area contributed by atoms with E-state index in [1.165, 1.54) is 0 Å². The molecule has 2 atom stereocenters. The Morgan fingerprint density at radius 3 is 3.00 bits per heavy atom. The fourth-order valence-electron chi connectivity index (χ4n) is 2.51. The van der Waals surface area contributed by atoms with Crippen LogP contribution in [0.3, 0.4) is 0 Å². The van der Waals surface area contributed by atoms with Gasteiger partial charge in [-0.25, -0.2) is 0 Å². The van der Waals surface area contributed by atoms with Crippen molar-refractivity contribution in [1.82, 2.24) is 5.32 Å². The van der Waals surface area contributed by atoms with E-state index in [1.807, 2.05) is 6.07 Å². The number of nitrogens with one attached hydrogen (secondary N) is 1. The van der Waals surface area contributed by atoms with Crippen LogP contribution in [0.4, 0.5) is 0 Å². The predicted octanol–water partition coefficient (Wildman–Crippen LogP) is 1.91. The zero-order valence-electron chi connectivity index (χ0n) is 9.60. The number of phenols is 1. The Balaban J connectivity index is 2.18. The summed E-state index contributed by atoms with van der Waals surface area (Å²) < 4.78 is 0. The van der Waals surface area contributed by atoms with Crippen LogP contribution in [0.25, 0.3) is 0 Å². The predicted molar refractivity (Wildman–Crippen MR) is 63.8 cm³/mol. The maximum absolute atomic E-state index is 10.8. The van der Waals surface area contributed by atoms with Crippen molar-refractivity contribution >= 4 is 5.97 Å². The highest BCUT2D eigenvalue weighted by atomic mass is 16.4. The molecule has 92 valence electrons. The second-order valence-corrected chi connectivity index (χ2v) is 4.53. The molecule has 2 rings (SSSR count). The third kappa shape index (κ3) is 2.97. The van der Waals surface area contributed by atoms with E-state index in [0.29, 0.717) is 0 Å². The van der Waals surface area contributed by atoms with Crippen molar-refractivity contribution in [1.29, 1.82) is 0 Å². The molecule has 4 nitrogen and oxygen atoms in total. The molecular weight excluding hydrogens is 218 g/mol. The van der Waals surface area contributed by atoms with E-state index in [9.17, 15) is 9.90 Å². The molecule has 1 aromatic carbocycles. The number of carboxylic acid groups (broad SMARTS) is 1. The Morgan fingerprint density at radius 1 is 1.47 bits per heavy atom. The summed E-state index contributed by atoms with van der Waals surface area (Å²) >= 11 is 0. The van der Waals surface area contributed by atoms with Gasteiger partial charge in [-0.3, -0.25) is 4.79 Å². The fourth-order valence-corrected chi connectivity index (χ4v) is 2.51. The summed E-state index contributed by atoms with van der Waals surface area (Å²) in [6.45, 7) is 0.899. The number of benzene rings is 1. The summed E-state index contributed by atoms with van der Waals surface area (Å²) in [5.74, 6) is -0.434. The average molecular weight is 235 g/mol. The lowest BCUT2D eigenvalue weighted by atomic mass is 9.84. The maximum Gasteiger partial charge on any atom is 0.303 e. The molecule has 0 radical (unpaired) electrons. The molecule has 0 aliphatic carbocycles. The number of aromatic hydroxyl groups is 1. The van der Waals surface area contributed by atoms with Crippen molar-refractivity contribution in [3.63, 3.8) is 0 Å². The van der Waals surface area contributed by atoms with E-state index in [1.54, 1.807) is 18.2 Å². The van der Waals surface area contributed by atoms with Crippen LogP contribution in [-0.4, -0.2) is 22.7 Å². The Hall–Kier alpha value is -1.55. The van der Waals surface area contributed by atoms with E-state index in [4.69, 9.17) is 5.11 Å². The standard InChI is InChI=1S/C13H17NO3/c15-11-5-1-3-9(7-11)13-10(8-12(16)17)4-2-6-14-13/h1,3,5,7,10,13-15H,2,4,6,8H2,(H,16,17)/t10-,13-/m1/s1. The molecule has 1 aliphatic rings. The van der Waals surface area contributed by atoms with E-state index < -0.39 is 5.97 Å². The van der Waals surface area contributed by atoms with Gasteiger partial charge in [-0.2, -0.15) is 0 Å². The van der Waals surface area contributed by atoms with E-state index in [2.05, 4.69) is 5.32 Å². The Labute approximate surface area is 100 Å². The smallest absolute Gasteiger partial charge is 0.303 e. The van der Waals surface area contributed by atoms with Crippen LogP contribution in [-0.2, 0) is 4.79 Å². The molecule has 0 spiro atoms. The molecule has 17 heavy (non-hydrogen) atoms. The topological polar surface area (TPSA) is 69.6 Å². The molecule has 0 saturated carbocycles. The minimum atomic E-state index is -0.760. The van der Waals surface area contributed by atoms with Crippen LogP contribution < -0.4 is 5.32 Å². The van der Waals surface area contributed by atoms with Gasteiger partial charge in [0.15, 0.2) is 0 Å². The molecule has 0 bridgehead atoms. The largest absolute Gasteiger partial charge is 0.508 e. The van der Waals surface area contributed by atoms with Crippen molar-refractivity contribution in [2.45, 2.75) is 25.3 Å². The summed E-state index contributed by atoms with van der Waals surface area (Å²) in [6, 6.07) is 7.08. The summed E-state index contributed by atoms with van der Waals surface area (Å²) in [5.41, 5.74) is 0.968. The quantitative estimate of drug-likeness (QED) is 0.748. The molecule has 1 aromatic rings. The van der Waals surface area contributed by atoms with Crippen molar-refractivity contribution in [2.24, 2.45) is 5.92 Å². The molecule has 3 N–H and O–H groups in total. The van der Waals surface area contributed by atoms with Crippen molar-refractivity contribution in [3.8, 4) is 5.75 Å². The lowest BCUT2D eigenvalue weighted by molar-refractivity contribution is -0.138. The molecule has 1 heterocycles. The van der Waals surface area contributed by atoms with Gasteiger partial charge in [-0.15, -0.1) is 0 Å². The van der Waals surface area contributed by atoms with Crippen LogP contribution in [0.15, 0.2) is 24.3 Å². The van der Waals surface area contributed by atoms with E-state index in [0.717, 1.165) is 24.9 Å². The molecule has 0 unspecified atom stereocenters. The molecule has 1 fully saturated rings.